The highest BCUT2D eigenvalue weighted by molar-refractivity contribution is 8.13. The van der Waals surface area contributed by atoms with Crippen molar-refractivity contribution in [2.75, 3.05) is 6.54 Å². The van der Waals surface area contributed by atoms with Crippen molar-refractivity contribution in [1.82, 2.24) is 5.32 Å². The number of benzene rings is 1. The zero-order chi connectivity index (χ0) is 15.6. The van der Waals surface area contributed by atoms with Gasteiger partial charge in [0.05, 0.1) is 4.90 Å². The van der Waals surface area contributed by atoms with Crippen LogP contribution in [0.2, 0.25) is 0 Å². The van der Waals surface area contributed by atoms with E-state index in [9.17, 15) is 17.6 Å². The van der Waals surface area contributed by atoms with E-state index in [1.165, 1.54) is 6.92 Å². The maximum absolute atomic E-state index is 13.5. The summed E-state index contributed by atoms with van der Waals surface area (Å²) in [7, 11) is 1.18. The molecular weight excluding hydrogens is 317 g/mol. The molecule has 0 aromatic heterocycles. The fourth-order valence-corrected chi connectivity index (χ4v) is 3.90. The normalized spacial score (nSPS) is 16.1. The van der Waals surface area contributed by atoms with Crippen molar-refractivity contribution < 1.29 is 17.6 Å². The third-order valence-electron chi connectivity index (χ3n) is 3.86. The van der Waals surface area contributed by atoms with Gasteiger partial charge in [0, 0.05) is 22.8 Å². The Balaban J connectivity index is 2.22. The number of carbonyl (C=O) groups excluding carboxylic acids is 1. The third kappa shape index (κ3) is 3.95. The molecule has 0 saturated heterocycles. The van der Waals surface area contributed by atoms with Crippen LogP contribution in [0.15, 0.2) is 17.0 Å². The van der Waals surface area contributed by atoms with Crippen LogP contribution in [-0.4, -0.2) is 20.9 Å². The summed E-state index contributed by atoms with van der Waals surface area (Å²) < 4.78 is 36.4. The zero-order valence-corrected chi connectivity index (χ0v) is 13.2. The lowest BCUT2D eigenvalue weighted by atomic mass is 10.1. The monoisotopic (exact) mass is 333 g/mol. The molecule has 0 atom stereocenters. The predicted molar refractivity (Wildman–Crippen MR) is 78.5 cm³/mol. The lowest BCUT2D eigenvalue weighted by molar-refractivity contribution is 0.0946. The molecule has 1 aromatic rings. The quantitative estimate of drug-likeness (QED) is 0.861. The molecule has 2 rings (SSSR count). The van der Waals surface area contributed by atoms with Crippen LogP contribution in [0.4, 0.5) is 4.39 Å². The van der Waals surface area contributed by atoms with Gasteiger partial charge < -0.3 is 5.32 Å². The van der Waals surface area contributed by atoms with Gasteiger partial charge in [-0.25, -0.2) is 12.8 Å². The first kappa shape index (κ1) is 16.2. The summed E-state index contributed by atoms with van der Waals surface area (Å²) in [6.45, 7) is 1.97. The van der Waals surface area contributed by atoms with Crippen LogP contribution in [0, 0.1) is 18.7 Å². The minimum Gasteiger partial charge on any atom is -0.352 e. The van der Waals surface area contributed by atoms with Gasteiger partial charge in [-0.2, -0.15) is 0 Å². The average molecular weight is 334 g/mol. The van der Waals surface area contributed by atoms with Crippen LogP contribution in [0.3, 0.4) is 0 Å². The summed E-state index contributed by atoms with van der Waals surface area (Å²) in [6, 6.07) is 1.86. The van der Waals surface area contributed by atoms with Gasteiger partial charge in [-0.15, -0.1) is 0 Å². The molecule has 1 fully saturated rings. The third-order valence-corrected chi connectivity index (χ3v) is 5.31. The molecular formula is C14H17ClFNO3S. The van der Waals surface area contributed by atoms with Crippen LogP contribution < -0.4 is 5.32 Å². The first-order chi connectivity index (χ1) is 9.79. The Kier molecular flexibility index (Phi) is 4.88. The number of halogens is 2. The number of carbonyl (C=O) groups is 1. The number of hydrogen-bond donors (Lipinski definition) is 1. The second kappa shape index (κ2) is 6.32. The highest BCUT2D eigenvalue weighted by Crippen LogP contribution is 2.25. The maximum atomic E-state index is 13.5. The first-order valence-corrected chi connectivity index (χ1v) is 9.13. The van der Waals surface area contributed by atoms with Crippen molar-refractivity contribution in [3.05, 3.63) is 29.1 Å². The number of amides is 1. The van der Waals surface area contributed by atoms with Crippen LogP contribution in [-0.2, 0) is 9.05 Å². The van der Waals surface area contributed by atoms with Crippen molar-refractivity contribution in [1.29, 1.82) is 0 Å². The van der Waals surface area contributed by atoms with E-state index >= 15 is 0 Å². The summed E-state index contributed by atoms with van der Waals surface area (Å²) in [5.41, 5.74) is 0.169. The summed E-state index contributed by atoms with van der Waals surface area (Å²) in [4.78, 5) is 11.8. The Morgan fingerprint density at radius 1 is 1.38 bits per heavy atom. The van der Waals surface area contributed by atoms with Crippen LogP contribution in [0.25, 0.3) is 0 Å². The minimum atomic E-state index is -4.09. The highest BCUT2D eigenvalue weighted by atomic mass is 35.7. The van der Waals surface area contributed by atoms with Crippen LogP contribution in [0.5, 0.6) is 0 Å². The van der Waals surface area contributed by atoms with Gasteiger partial charge in [0.15, 0.2) is 0 Å². The number of nitrogens with one attached hydrogen (secondary N) is 1. The molecule has 0 bridgehead atoms. The van der Waals surface area contributed by atoms with E-state index < -0.39 is 20.8 Å². The van der Waals surface area contributed by atoms with Crippen molar-refractivity contribution >= 4 is 25.6 Å². The second-order valence-electron chi connectivity index (χ2n) is 5.37. The summed E-state index contributed by atoms with van der Waals surface area (Å²) >= 11 is 0. The molecule has 0 unspecified atom stereocenters. The largest absolute Gasteiger partial charge is 0.352 e. The molecule has 7 heteroatoms. The smallest absolute Gasteiger partial charge is 0.261 e. The standard InChI is InChI=1S/C14H17ClFNO3S/c1-9-12(6-11(16)7-13(9)21(15,19)20)14(18)17-8-10-4-2-3-5-10/h6-7,10H,2-5,8H2,1H3,(H,17,18). The fraction of sp³-hybridized carbons (Fsp3) is 0.500. The molecule has 1 aromatic carbocycles. The van der Waals surface area contributed by atoms with Gasteiger partial charge >= 0.3 is 0 Å². The fourth-order valence-electron chi connectivity index (χ4n) is 2.69. The number of rotatable bonds is 4. The van der Waals surface area contributed by atoms with E-state index in [1.54, 1.807) is 0 Å². The molecule has 1 saturated carbocycles. The Morgan fingerprint density at radius 3 is 2.57 bits per heavy atom. The van der Waals surface area contributed by atoms with Crippen molar-refractivity contribution in [2.24, 2.45) is 5.92 Å². The molecule has 1 N–H and O–H groups in total. The van der Waals surface area contributed by atoms with Gasteiger partial charge in [-0.3, -0.25) is 4.79 Å². The summed E-state index contributed by atoms with van der Waals surface area (Å²) in [6.07, 6.45) is 4.47. The zero-order valence-electron chi connectivity index (χ0n) is 11.7. The van der Waals surface area contributed by atoms with Crippen LogP contribution in [0.1, 0.15) is 41.6 Å². The van der Waals surface area contributed by atoms with Crippen LogP contribution >= 0.6 is 10.7 Å². The molecule has 0 spiro atoms. The van der Waals surface area contributed by atoms with Gasteiger partial charge in [-0.05, 0) is 43.4 Å². The van der Waals surface area contributed by atoms with E-state index in [1.807, 2.05) is 0 Å². The first-order valence-electron chi connectivity index (χ1n) is 6.82. The Morgan fingerprint density at radius 2 is 2.00 bits per heavy atom. The van der Waals surface area contributed by atoms with E-state index in [4.69, 9.17) is 10.7 Å². The maximum Gasteiger partial charge on any atom is 0.261 e. The second-order valence-corrected chi connectivity index (χ2v) is 7.91. The Hall–Kier alpha value is -1.14. The Bertz CT molecular complexity index is 654. The Labute approximate surface area is 128 Å². The molecule has 0 aliphatic heterocycles. The molecule has 1 aliphatic carbocycles. The minimum absolute atomic E-state index is 0.00669. The number of hydrogen-bond acceptors (Lipinski definition) is 3. The van der Waals surface area contributed by atoms with Crippen molar-refractivity contribution in [3.8, 4) is 0 Å². The topological polar surface area (TPSA) is 63.2 Å². The predicted octanol–water partition coefficient (Wildman–Crippen LogP) is 2.98. The molecule has 21 heavy (non-hydrogen) atoms. The molecule has 0 heterocycles. The molecule has 0 radical (unpaired) electrons. The molecule has 1 amide bonds. The lowest BCUT2D eigenvalue weighted by Crippen LogP contribution is -2.29. The SMILES string of the molecule is Cc1c(C(=O)NCC2CCCC2)cc(F)cc1S(=O)(=O)Cl. The molecule has 4 nitrogen and oxygen atoms in total. The molecule has 116 valence electrons. The van der Waals surface area contributed by atoms with E-state index in [2.05, 4.69) is 5.32 Å². The van der Waals surface area contributed by atoms with E-state index in [0.29, 0.717) is 12.5 Å². The summed E-state index contributed by atoms with van der Waals surface area (Å²) in [5.74, 6) is -0.828. The molecule has 1 aliphatic rings. The van der Waals surface area contributed by atoms with E-state index in [-0.39, 0.29) is 16.0 Å². The highest BCUT2D eigenvalue weighted by Gasteiger charge is 2.22. The van der Waals surface area contributed by atoms with Crippen molar-refractivity contribution in [2.45, 2.75) is 37.5 Å². The van der Waals surface area contributed by atoms with Gasteiger partial charge in [0.1, 0.15) is 5.82 Å². The lowest BCUT2D eigenvalue weighted by Gasteiger charge is -2.13. The van der Waals surface area contributed by atoms with Crippen molar-refractivity contribution in [3.63, 3.8) is 0 Å². The van der Waals surface area contributed by atoms with Gasteiger partial charge in [0.2, 0.25) is 0 Å². The van der Waals surface area contributed by atoms with Gasteiger partial charge in [-0.1, -0.05) is 12.8 Å². The van der Waals surface area contributed by atoms with Gasteiger partial charge in [0.25, 0.3) is 15.0 Å². The van der Waals surface area contributed by atoms with E-state index in [0.717, 1.165) is 37.8 Å². The average Bonchev–Trinajstić information content (AvgIpc) is 2.90. The summed E-state index contributed by atoms with van der Waals surface area (Å²) in [5, 5.41) is 2.74.